The predicted molar refractivity (Wildman–Crippen MR) is 91.0 cm³/mol. The minimum absolute atomic E-state index is 0.257. The fourth-order valence-corrected chi connectivity index (χ4v) is 3.87. The Morgan fingerprint density at radius 3 is 2.52 bits per heavy atom. The van der Waals surface area contributed by atoms with Crippen molar-refractivity contribution < 1.29 is 0 Å². The maximum absolute atomic E-state index is 6.39. The number of halogens is 2. The lowest BCUT2D eigenvalue weighted by atomic mass is 9.76. The van der Waals surface area contributed by atoms with Gasteiger partial charge in [0.2, 0.25) is 0 Å². The molecule has 0 spiro atoms. The SMILES string of the molecule is CCCNC(c1ncc(Cl)cc1Cl)C1CCC(CC)CC1. The van der Waals surface area contributed by atoms with Gasteiger partial charge in [0.15, 0.2) is 0 Å². The average Bonchev–Trinajstić information content (AvgIpc) is 2.50. The van der Waals surface area contributed by atoms with Crippen LogP contribution in [0.3, 0.4) is 0 Å². The molecule has 1 unspecified atom stereocenters. The lowest BCUT2D eigenvalue weighted by Crippen LogP contribution is -2.32. The maximum atomic E-state index is 6.39. The number of nitrogens with zero attached hydrogens (tertiary/aromatic N) is 1. The van der Waals surface area contributed by atoms with Gasteiger partial charge in [-0.2, -0.15) is 0 Å². The van der Waals surface area contributed by atoms with Crippen LogP contribution in [-0.4, -0.2) is 11.5 Å². The van der Waals surface area contributed by atoms with E-state index in [2.05, 4.69) is 24.1 Å². The van der Waals surface area contributed by atoms with E-state index in [0.717, 1.165) is 24.6 Å². The molecule has 1 atom stereocenters. The summed E-state index contributed by atoms with van der Waals surface area (Å²) >= 11 is 12.4. The second-order valence-corrected chi connectivity index (χ2v) is 6.99. The van der Waals surface area contributed by atoms with E-state index in [4.69, 9.17) is 23.2 Å². The van der Waals surface area contributed by atoms with Gasteiger partial charge in [-0.05, 0) is 43.7 Å². The summed E-state index contributed by atoms with van der Waals surface area (Å²) in [6, 6.07) is 2.07. The van der Waals surface area contributed by atoms with E-state index in [-0.39, 0.29) is 6.04 Å². The zero-order chi connectivity index (χ0) is 15.2. The highest BCUT2D eigenvalue weighted by molar-refractivity contribution is 6.34. The number of aromatic nitrogens is 1. The molecule has 2 rings (SSSR count). The zero-order valence-corrected chi connectivity index (χ0v) is 14.6. The summed E-state index contributed by atoms with van der Waals surface area (Å²) in [7, 11) is 0. The largest absolute Gasteiger partial charge is 0.308 e. The van der Waals surface area contributed by atoms with Crippen molar-refractivity contribution in [2.24, 2.45) is 11.8 Å². The van der Waals surface area contributed by atoms with Gasteiger partial charge in [-0.25, -0.2) is 0 Å². The first kappa shape index (κ1) is 17.1. The van der Waals surface area contributed by atoms with Crippen LogP contribution in [0.5, 0.6) is 0 Å². The molecule has 1 aliphatic rings. The lowest BCUT2D eigenvalue weighted by molar-refractivity contribution is 0.216. The van der Waals surface area contributed by atoms with Crippen molar-refractivity contribution in [2.45, 2.75) is 58.4 Å². The van der Waals surface area contributed by atoms with Crippen molar-refractivity contribution in [3.63, 3.8) is 0 Å². The minimum atomic E-state index is 0.257. The Morgan fingerprint density at radius 1 is 1.24 bits per heavy atom. The molecule has 1 N–H and O–H groups in total. The van der Waals surface area contributed by atoms with Crippen LogP contribution in [0.25, 0.3) is 0 Å². The minimum Gasteiger partial charge on any atom is -0.308 e. The summed E-state index contributed by atoms with van der Waals surface area (Å²) in [6.07, 6.45) is 9.32. The first-order chi connectivity index (χ1) is 10.2. The predicted octanol–water partition coefficient (Wildman–Crippen LogP) is 5.65. The van der Waals surface area contributed by atoms with E-state index in [1.807, 2.05) is 6.07 Å². The van der Waals surface area contributed by atoms with Gasteiger partial charge in [0.1, 0.15) is 0 Å². The fourth-order valence-electron chi connectivity index (χ4n) is 3.37. The molecule has 0 amide bonds. The van der Waals surface area contributed by atoms with Gasteiger partial charge in [-0.15, -0.1) is 0 Å². The van der Waals surface area contributed by atoms with Gasteiger partial charge in [0, 0.05) is 6.20 Å². The molecular weight excluding hydrogens is 303 g/mol. The summed E-state index contributed by atoms with van der Waals surface area (Å²) in [5.74, 6) is 1.53. The first-order valence-electron chi connectivity index (χ1n) is 8.20. The molecule has 1 aromatic heterocycles. The second kappa shape index (κ2) is 8.36. The Labute approximate surface area is 138 Å². The highest BCUT2D eigenvalue weighted by Crippen LogP contribution is 2.39. The van der Waals surface area contributed by atoms with Gasteiger partial charge in [0.25, 0.3) is 0 Å². The molecule has 4 heteroatoms. The van der Waals surface area contributed by atoms with Gasteiger partial charge in [-0.1, -0.05) is 56.3 Å². The summed E-state index contributed by atoms with van der Waals surface area (Å²) < 4.78 is 0. The number of pyridine rings is 1. The van der Waals surface area contributed by atoms with Crippen LogP contribution in [-0.2, 0) is 0 Å². The molecule has 0 saturated heterocycles. The summed E-state index contributed by atoms with van der Waals surface area (Å²) in [5, 5.41) is 4.95. The monoisotopic (exact) mass is 328 g/mol. The Bertz CT molecular complexity index is 442. The normalized spacial score (nSPS) is 24.0. The van der Waals surface area contributed by atoms with E-state index in [1.165, 1.54) is 32.1 Å². The van der Waals surface area contributed by atoms with E-state index in [9.17, 15) is 0 Å². The van der Waals surface area contributed by atoms with Crippen molar-refractivity contribution in [3.05, 3.63) is 28.0 Å². The van der Waals surface area contributed by atoms with E-state index < -0.39 is 0 Å². The van der Waals surface area contributed by atoms with Crippen molar-refractivity contribution >= 4 is 23.2 Å². The summed E-state index contributed by atoms with van der Waals surface area (Å²) in [5.41, 5.74) is 0.967. The molecule has 2 nitrogen and oxygen atoms in total. The highest BCUT2D eigenvalue weighted by atomic mass is 35.5. The third-order valence-electron chi connectivity index (χ3n) is 4.69. The average molecular weight is 329 g/mol. The molecule has 0 radical (unpaired) electrons. The third kappa shape index (κ3) is 4.58. The molecule has 1 saturated carbocycles. The highest BCUT2D eigenvalue weighted by Gasteiger charge is 2.29. The second-order valence-electron chi connectivity index (χ2n) is 6.14. The quantitative estimate of drug-likeness (QED) is 0.730. The first-order valence-corrected chi connectivity index (χ1v) is 8.95. The standard InChI is InChI=1S/C17H26Cl2N2/c1-3-9-20-16(13-7-5-12(4-2)6-8-13)17-15(19)10-14(18)11-21-17/h10-13,16,20H,3-9H2,1-2H3. The molecular formula is C17H26Cl2N2. The molecule has 21 heavy (non-hydrogen) atoms. The smallest absolute Gasteiger partial charge is 0.0762 e. The molecule has 0 bridgehead atoms. The van der Waals surface area contributed by atoms with Crippen LogP contribution in [0.15, 0.2) is 12.3 Å². The maximum Gasteiger partial charge on any atom is 0.0762 e. The van der Waals surface area contributed by atoms with Crippen molar-refractivity contribution in [1.82, 2.24) is 10.3 Å². The molecule has 1 aromatic rings. The summed E-state index contributed by atoms with van der Waals surface area (Å²) in [4.78, 5) is 4.52. The van der Waals surface area contributed by atoms with Crippen LogP contribution in [0.2, 0.25) is 10.0 Å². The number of hydrogen-bond donors (Lipinski definition) is 1. The van der Waals surface area contributed by atoms with Gasteiger partial charge < -0.3 is 5.32 Å². The molecule has 118 valence electrons. The van der Waals surface area contributed by atoms with Crippen LogP contribution in [0, 0.1) is 11.8 Å². The topological polar surface area (TPSA) is 24.9 Å². The van der Waals surface area contributed by atoms with Gasteiger partial charge >= 0.3 is 0 Å². The fraction of sp³-hybridized carbons (Fsp3) is 0.706. The lowest BCUT2D eigenvalue weighted by Gasteiger charge is -2.34. The Morgan fingerprint density at radius 2 is 1.95 bits per heavy atom. The van der Waals surface area contributed by atoms with Gasteiger partial charge in [0.05, 0.1) is 21.8 Å². The molecule has 0 aliphatic heterocycles. The van der Waals surface area contributed by atoms with Crippen molar-refractivity contribution in [3.8, 4) is 0 Å². The molecule has 1 fully saturated rings. The van der Waals surface area contributed by atoms with Crippen LogP contribution in [0.4, 0.5) is 0 Å². The van der Waals surface area contributed by atoms with E-state index >= 15 is 0 Å². The molecule has 1 aliphatic carbocycles. The zero-order valence-electron chi connectivity index (χ0n) is 13.0. The van der Waals surface area contributed by atoms with Gasteiger partial charge in [-0.3, -0.25) is 4.98 Å². The number of nitrogens with one attached hydrogen (secondary N) is 1. The van der Waals surface area contributed by atoms with Crippen molar-refractivity contribution in [1.29, 1.82) is 0 Å². The molecule has 1 heterocycles. The van der Waals surface area contributed by atoms with Crippen molar-refractivity contribution in [2.75, 3.05) is 6.54 Å². The Hall–Kier alpha value is -0.310. The Balaban J connectivity index is 2.14. The van der Waals surface area contributed by atoms with E-state index in [0.29, 0.717) is 16.0 Å². The van der Waals surface area contributed by atoms with E-state index in [1.54, 1.807) is 6.20 Å². The van der Waals surface area contributed by atoms with Crippen LogP contribution in [0.1, 0.15) is 64.1 Å². The third-order valence-corrected chi connectivity index (χ3v) is 5.19. The molecule has 0 aromatic carbocycles. The number of rotatable bonds is 6. The number of hydrogen-bond acceptors (Lipinski definition) is 2. The summed E-state index contributed by atoms with van der Waals surface area (Å²) in [6.45, 7) is 5.49. The Kier molecular flexibility index (Phi) is 6.78. The van der Waals surface area contributed by atoms with Crippen LogP contribution < -0.4 is 5.32 Å². The van der Waals surface area contributed by atoms with Crippen LogP contribution >= 0.6 is 23.2 Å².